The van der Waals surface area contributed by atoms with E-state index in [0.717, 1.165) is 6.07 Å². The quantitative estimate of drug-likeness (QED) is 0.593. The summed E-state index contributed by atoms with van der Waals surface area (Å²) in [6, 6.07) is 2.40. The number of rotatable bonds is 1. The van der Waals surface area contributed by atoms with Crippen LogP contribution in [0.25, 0.3) is 0 Å². The number of carboxylic acids is 1. The van der Waals surface area contributed by atoms with Crippen LogP contribution in [0.15, 0.2) is 18.3 Å². The zero-order chi connectivity index (χ0) is 7.56. The Labute approximate surface area is 56.8 Å². The number of carboxylic acid groups (broad SMARTS) is 1. The van der Waals surface area contributed by atoms with Gasteiger partial charge in [0.05, 0.1) is 0 Å². The van der Waals surface area contributed by atoms with E-state index in [1.54, 1.807) is 0 Å². The molecule has 0 aromatic carbocycles. The maximum atomic E-state index is 10.2. The summed E-state index contributed by atoms with van der Waals surface area (Å²) in [7, 11) is 0. The molecule has 0 radical (unpaired) electrons. The number of pyridine rings is 1. The number of aromatic hydroxyl groups is 1. The van der Waals surface area contributed by atoms with Crippen LogP contribution >= 0.6 is 0 Å². The van der Waals surface area contributed by atoms with Gasteiger partial charge in [-0.15, -0.1) is 0 Å². The van der Waals surface area contributed by atoms with E-state index in [9.17, 15) is 4.79 Å². The van der Waals surface area contributed by atoms with Crippen molar-refractivity contribution in [3.63, 3.8) is 0 Å². The highest BCUT2D eigenvalue weighted by molar-refractivity contribution is 5.85. The Hall–Kier alpha value is -1.58. The van der Waals surface area contributed by atoms with E-state index in [0.29, 0.717) is 0 Å². The SMILES string of the molecule is O=C(O)c1cc(O)ccn1. The number of nitrogens with zero attached hydrogens (tertiary/aromatic N) is 1. The van der Waals surface area contributed by atoms with E-state index in [1.165, 1.54) is 12.3 Å². The highest BCUT2D eigenvalue weighted by Crippen LogP contribution is 2.06. The fourth-order valence-corrected chi connectivity index (χ4v) is 0.536. The van der Waals surface area contributed by atoms with Gasteiger partial charge >= 0.3 is 5.97 Å². The molecule has 0 aliphatic heterocycles. The van der Waals surface area contributed by atoms with Crippen LogP contribution in [0.2, 0.25) is 0 Å². The summed E-state index contributed by atoms with van der Waals surface area (Å²) < 4.78 is 0. The molecule has 0 fully saturated rings. The van der Waals surface area contributed by atoms with Gasteiger partial charge in [-0.1, -0.05) is 0 Å². The van der Waals surface area contributed by atoms with Gasteiger partial charge in [-0.2, -0.15) is 0 Å². The molecule has 1 rings (SSSR count). The monoisotopic (exact) mass is 139 g/mol. The topological polar surface area (TPSA) is 70.4 Å². The normalized spacial score (nSPS) is 9.20. The third-order valence-electron chi connectivity index (χ3n) is 0.963. The maximum absolute atomic E-state index is 10.2. The van der Waals surface area contributed by atoms with Crippen LogP contribution in [0, 0.1) is 0 Å². The zero-order valence-electron chi connectivity index (χ0n) is 4.98. The zero-order valence-corrected chi connectivity index (χ0v) is 4.98. The molecule has 0 aliphatic carbocycles. The molecule has 0 amide bonds. The van der Waals surface area contributed by atoms with Crippen molar-refractivity contribution >= 4 is 5.97 Å². The highest BCUT2D eigenvalue weighted by Gasteiger charge is 2.02. The first-order valence-electron chi connectivity index (χ1n) is 2.58. The summed E-state index contributed by atoms with van der Waals surface area (Å²) in [5.41, 5.74) is -0.153. The molecule has 2 N–H and O–H groups in total. The molecule has 0 aliphatic rings. The highest BCUT2D eigenvalue weighted by atomic mass is 16.4. The number of aromatic nitrogens is 1. The Morgan fingerprint density at radius 2 is 2.30 bits per heavy atom. The van der Waals surface area contributed by atoms with Crippen molar-refractivity contribution in [3.8, 4) is 5.75 Å². The third-order valence-corrected chi connectivity index (χ3v) is 0.963. The number of aromatic carboxylic acids is 1. The summed E-state index contributed by atoms with van der Waals surface area (Å²) >= 11 is 0. The molecule has 1 aromatic heterocycles. The van der Waals surface area contributed by atoms with Crippen molar-refractivity contribution in [2.75, 3.05) is 0 Å². The van der Waals surface area contributed by atoms with Crippen LogP contribution in [0.1, 0.15) is 10.5 Å². The van der Waals surface area contributed by atoms with Gasteiger partial charge in [0.15, 0.2) is 5.69 Å². The van der Waals surface area contributed by atoms with Crippen LogP contribution in [0.3, 0.4) is 0 Å². The summed E-state index contributed by atoms with van der Waals surface area (Å²) in [6.07, 6.45) is 1.23. The van der Waals surface area contributed by atoms with Gasteiger partial charge in [0.2, 0.25) is 0 Å². The van der Waals surface area contributed by atoms with Crippen LogP contribution in [0.5, 0.6) is 5.75 Å². The van der Waals surface area contributed by atoms with Gasteiger partial charge in [-0.25, -0.2) is 9.78 Å². The average molecular weight is 139 g/mol. The molecule has 0 unspecified atom stereocenters. The van der Waals surface area contributed by atoms with E-state index in [1.807, 2.05) is 0 Å². The number of hydrogen-bond acceptors (Lipinski definition) is 3. The second kappa shape index (κ2) is 2.34. The number of carbonyl (C=O) groups is 1. The Kier molecular flexibility index (Phi) is 1.53. The minimum absolute atomic E-state index is 0.0904. The van der Waals surface area contributed by atoms with E-state index in [-0.39, 0.29) is 11.4 Å². The molecule has 1 aromatic rings. The third kappa shape index (κ3) is 1.22. The van der Waals surface area contributed by atoms with Crippen molar-refractivity contribution in [2.45, 2.75) is 0 Å². The summed E-state index contributed by atoms with van der Waals surface area (Å²) in [5, 5.41) is 17.1. The molecule has 52 valence electrons. The molecular formula is C6H5NO3. The van der Waals surface area contributed by atoms with E-state index in [2.05, 4.69) is 4.98 Å². The second-order valence-electron chi connectivity index (χ2n) is 1.70. The standard InChI is InChI=1S/C6H5NO3/c8-4-1-2-7-5(3-4)6(9)10/h1-3H,(H,7,8)(H,9,10). The molecule has 0 saturated carbocycles. The predicted molar refractivity (Wildman–Crippen MR) is 32.9 cm³/mol. The van der Waals surface area contributed by atoms with Crippen molar-refractivity contribution in [3.05, 3.63) is 24.0 Å². The molecule has 0 bridgehead atoms. The molecule has 0 saturated heterocycles. The number of hydrogen-bond donors (Lipinski definition) is 2. The van der Waals surface area contributed by atoms with Crippen LogP contribution in [0.4, 0.5) is 0 Å². The van der Waals surface area contributed by atoms with Crippen LogP contribution in [-0.2, 0) is 0 Å². The minimum atomic E-state index is -1.14. The van der Waals surface area contributed by atoms with Gasteiger partial charge in [-0.05, 0) is 6.07 Å². The van der Waals surface area contributed by atoms with Crippen LogP contribution in [-0.4, -0.2) is 21.2 Å². The second-order valence-corrected chi connectivity index (χ2v) is 1.70. The first-order chi connectivity index (χ1) is 4.70. The molecule has 0 atom stereocenters. The molecule has 10 heavy (non-hydrogen) atoms. The fourth-order valence-electron chi connectivity index (χ4n) is 0.536. The van der Waals surface area contributed by atoms with Gasteiger partial charge in [-0.3, -0.25) is 0 Å². The Morgan fingerprint density at radius 3 is 2.70 bits per heavy atom. The molecule has 0 spiro atoms. The lowest BCUT2D eigenvalue weighted by molar-refractivity contribution is 0.0690. The Bertz CT molecular complexity index is 259. The van der Waals surface area contributed by atoms with Gasteiger partial charge in [0.25, 0.3) is 0 Å². The Balaban J connectivity index is 3.07. The summed E-state index contributed by atoms with van der Waals surface area (Å²) in [6.45, 7) is 0. The van der Waals surface area contributed by atoms with E-state index >= 15 is 0 Å². The lowest BCUT2D eigenvalue weighted by atomic mass is 10.3. The predicted octanol–water partition coefficient (Wildman–Crippen LogP) is 0.485. The summed E-state index contributed by atoms with van der Waals surface area (Å²) in [5.74, 6) is -1.23. The van der Waals surface area contributed by atoms with Gasteiger partial charge in [0.1, 0.15) is 5.75 Å². The summed E-state index contributed by atoms with van der Waals surface area (Å²) in [4.78, 5) is 13.7. The lowest BCUT2D eigenvalue weighted by Crippen LogP contribution is -1.98. The minimum Gasteiger partial charge on any atom is -0.508 e. The maximum Gasteiger partial charge on any atom is 0.354 e. The Morgan fingerprint density at radius 1 is 1.60 bits per heavy atom. The molecular weight excluding hydrogens is 134 g/mol. The lowest BCUT2D eigenvalue weighted by Gasteiger charge is -1.91. The molecule has 1 heterocycles. The van der Waals surface area contributed by atoms with Crippen molar-refractivity contribution in [1.29, 1.82) is 0 Å². The van der Waals surface area contributed by atoms with Crippen LogP contribution < -0.4 is 0 Å². The van der Waals surface area contributed by atoms with Crippen molar-refractivity contribution < 1.29 is 15.0 Å². The first kappa shape index (κ1) is 6.54. The van der Waals surface area contributed by atoms with Crippen molar-refractivity contribution in [1.82, 2.24) is 4.98 Å². The fraction of sp³-hybridized carbons (Fsp3) is 0. The van der Waals surface area contributed by atoms with Gasteiger partial charge < -0.3 is 10.2 Å². The molecule has 4 heteroatoms. The average Bonchev–Trinajstić information content (AvgIpc) is 1.88. The van der Waals surface area contributed by atoms with Gasteiger partial charge in [0, 0.05) is 12.3 Å². The largest absolute Gasteiger partial charge is 0.508 e. The van der Waals surface area contributed by atoms with E-state index in [4.69, 9.17) is 10.2 Å². The first-order valence-corrected chi connectivity index (χ1v) is 2.58. The molecule has 4 nitrogen and oxygen atoms in total. The van der Waals surface area contributed by atoms with Crippen molar-refractivity contribution in [2.24, 2.45) is 0 Å². The van der Waals surface area contributed by atoms with E-state index < -0.39 is 5.97 Å². The smallest absolute Gasteiger partial charge is 0.354 e.